The predicted molar refractivity (Wildman–Crippen MR) is 117 cm³/mol. The minimum absolute atomic E-state index is 0.00954. The number of nitrogens with one attached hydrogen (secondary N) is 1. The van der Waals surface area contributed by atoms with Crippen LogP contribution >= 0.6 is 0 Å². The highest BCUT2D eigenvalue weighted by Crippen LogP contribution is 2.25. The molecule has 2 amide bonds. The molecular formula is C24H26N4O3. The number of likely N-dealkylation sites (tertiary alicyclic amines) is 1. The van der Waals surface area contributed by atoms with E-state index in [4.69, 9.17) is 9.40 Å². The summed E-state index contributed by atoms with van der Waals surface area (Å²) in [5, 5.41) is 3.02. The van der Waals surface area contributed by atoms with Crippen LogP contribution in [-0.4, -0.2) is 39.4 Å². The molecule has 0 aliphatic carbocycles. The van der Waals surface area contributed by atoms with Crippen LogP contribution in [0.4, 0.5) is 5.69 Å². The van der Waals surface area contributed by atoms with E-state index >= 15 is 0 Å². The van der Waals surface area contributed by atoms with Gasteiger partial charge in [-0.2, -0.15) is 0 Å². The minimum atomic E-state index is -0.111. The van der Waals surface area contributed by atoms with Crippen molar-refractivity contribution in [2.45, 2.75) is 38.6 Å². The van der Waals surface area contributed by atoms with E-state index in [-0.39, 0.29) is 17.7 Å². The number of carbonyl (C=O) groups is 2. The van der Waals surface area contributed by atoms with Gasteiger partial charge in [0.1, 0.15) is 5.82 Å². The Balaban J connectivity index is 1.17. The van der Waals surface area contributed by atoms with E-state index in [0.29, 0.717) is 31.7 Å². The van der Waals surface area contributed by atoms with Crippen LogP contribution in [0.5, 0.6) is 0 Å². The Bertz CT molecular complexity index is 1040. The Labute approximate surface area is 181 Å². The SMILES string of the molecule is O=C(Nc1ccc(-c2cn3c(n2)CCCC3)cc1)C1CCN(C(=O)c2ccco2)CC1. The second-order valence-corrected chi connectivity index (χ2v) is 8.30. The van der Waals surface area contributed by atoms with Gasteiger partial charge in [-0.1, -0.05) is 12.1 Å². The van der Waals surface area contributed by atoms with Crippen molar-refractivity contribution < 1.29 is 14.0 Å². The first-order valence-corrected chi connectivity index (χ1v) is 11.0. The van der Waals surface area contributed by atoms with Gasteiger partial charge in [0.2, 0.25) is 5.91 Å². The first-order chi connectivity index (χ1) is 15.2. The molecule has 7 nitrogen and oxygen atoms in total. The third-order valence-electron chi connectivity index (χ3n) is 6.24. The molecule has 1 aromatic carbocycles. The van der Waals surface area contributed by atoms with Gasteiger partial charge in [-0.15, -0.1) is 0 Å². The molecule has 31 heavy (non-hydrogen) atoms. The van der Waals surface area contributed by atoms with Crippen molar-refractivity contribution in [1.82, 2.24) is 14.5 Å². The van der Waals surface area contributed by atoms with Crippen LogP contribution in [0.25, 0.3) is 11.3 Å². The average Bonchev–Trinajstić information content (AvgIpc) is 3.49. The molecule has 2 aliphatic rings. The Morgan fingerprint density at radius 2 is 1.84 bits per heavy atom. The van der Waals surface area contributed by atoms with E-state index in [1.807, 2.05) is 24.3 Å². The van der Waals surface area contributed by atoms with Crippen molar-refractivity contribution >= 4 is 17.5 Å². The summed E-state index contributed by atoms with van der Waals surface area (Å²) in [6, 6.07) is 11.3. The zero-order valence-corrected chi connectivity index (χ0v) is 17.4. The number of carbonyl (C=O) groups excluding carboxylic acids is 2. The number of rotatable bonds is 4. The molecule has 160 valence electrons. The van der Waals surface area contributed by atoms with E-state index in [9.17, 15) is 9.59 Å². The molecule has 1 N–H and O–H groups in total. The number of nitrogens with zero attached hydrogens (tertiary/aromatic N) is 3. The lowest BCUT2D eigenvalue weighted by atomic mass is 9.95. The van der Waals surface area contributed by atoms with E-state index in [1.54, 1.807) is 17.0 Å². The van der Waals surface area contributed by atoms with Crippen LogP contribution in [-0.2, 0) is 17.8 Å². The lowest BCUT2D eigenvalue weighted by Gasteiger charge is -2.30. The highest BCUT2D eigenvalue weighted by atomic mass is 16.3. The minimum Gasteiger partial charge on any atom is -0.459 e. The summed E-state index contributed by atoms with van der Waals surface area (Å²) in [4.78, 5) is 31.6. The molecule has 0 radical (unpaired) electrons. The Morgan fingerprint density at radius 3 is 2.55 bits per heavy atom. The Hall–Kier alpha value is -3.35. The van der Waals surface area contributed by atoms with Crippen LogP contribution in [0.2, 0.25) is 0 Å². The fourth-order valence-corrected chi connectivity index (χ4v) is 4.42. The van der Waals surface area contributed by atoms with Gasteiger partial charge in [-0.25, -0.2) is 4.98 Å². The molecule has 7 heteroatoms. The quantitative estimate of drug-likeness (QED) is 0.695. The maximum absolute atomic E-state index is 12.7. The molecule has 0 unspecified atom stereocenters. The average molecular weight is 418 g/mol. The molecule has 0 spiro atoms. The highest BCUT2D eigenvalue weighted by Gasteiger charge is 2.28. The molecule has 1 saturated heterocycles. The van der Waals surface area contributed by atoms with E-state index in [0.717, 1.165) is 35.7 Å². The number of anilines is 1. The normalized spacial score (nSPS) is 16.7. The third-order valence-corrected chi connectivity index (χ3v) is 6.24. The second-order valence-electron chi connectivity index (χ2n) is 8.30. The fraction of sp³-hybridized carbons (Fsp3) is 0.375. The van der Waals surface area contributed by atoms with Crippen molar-refractivity contribution in [3.05, 3.63) is 60.4 Å². The number of aryl methyl sites for hydroxylation is 2. The molecule has 5 rings (SSSR count). The van der Waals surface area contributed by atoms with Crippen LogP contribution in [0, 0.1) is 5.92 Å². The topological polar surface area (TPSA) is 80.4 Å². The largest absolute Gasteiger partial charge is 0.459 e. The lowest BCUT2D eigenvalue weighted by Crippen LogP contribution is -2.41. The summed E-state index contributed by atoms with van der Waals surface area (Å²) in [7, 11) is 0. The van der Waals surface area contributed by atoms with E-state index < -0.39 is 0 Å². The predicted octanol–water partition coefficient (Wildman–Crippen LogP) is 3.97. The van der Waals surface area contributed by atoms with Gasteiger partial charge < -0.3 is 19.2 Å². The molecule has 0 saturated carbocycles. The summed E-state index contributed by atoms with van der Waals surface area (Å²) >= 11 is 0. The number of furan rings is 1. The molecule has 2 aromatic heterocycles. The van der Waals surface area contributed by atoms with Gasteiger partial charge in [0.05, 0.1) is 12.0 Å². The molecular weight excluding hydrogens is 392 g/mol. The van der Waals surface area contributed by atoms with Crippen molar-refractivity contribution in [3.63, 3.8) is 0 Å². The first kappa shape index (κ1) is 19.6. The van der Waals surface area contributed by atoms with E-state index in [2.05, 4.69) is 16.1 Å². The van der Waals surface area contributed by atoms with Gasteiger partial charge in [0, 0.05) is 49.4 Å². The molecule has 2 aliphatic heterocycles. The van der Waals surface area contributed by atoms with Crippen molar-refractivity contribution in [2.24, 2.45) is 5.92 Å². The number of benzene rings is 1. The smallest absolute Gasteiger partial charge is 0.289 e. The zero-order chi connectivity index (χ0) is 21.2. The maximum atomic E-state index is 12.7. The standard InChI is InChI=1S/C24H26N4O3/c29-23(18-10-13-27(14-11-18)24(30)21-4-3-15-31-21)25-19-8-6-17(7-9-19)20-16-28-12-2-1-5-22(28)26-20/h3-4,6-9,15-16,18H,1-2,5,10-14H2,(H,25,29). The molecule has 4 heterocycles. The summed E-state index contributed by atoms with van der Waals surface area (Å²) in [6.07, 6.45) is 8.38. The summed E-state index contributed by atoms with van der Waals surface area (Å²) in [5.41, 5.74) is 2.83. The second kappa shape index (κ2) is 8.41. The van der Waals surface area contributed by atoms with Gasteiger partial charge >= 0.3 is 0 Å². The number of imidazole rings is 1. The van der Waals surface area contributed by atoms with Gasteiger partial charge in [-0.05, 0) is 49.9 Å². The van der Waals surface area contributed by atoms with Crippen molar-refractivity contribution in [1.29, 1.82) is 0 Å². The summed E-state index contributed by atoms with van der Waals surface area (Å²) < 4.78 is 7.44. The van der Waals surface area contributed by atoms with Gasteiger partial charge in [-0.3, -0.25) is 9.59 Å². The summed E-state index contributed by atoms with van der Waals surface area (Å²) in [6.45, 7) is 2.16. The Morgan fingerprint density at radius 1 is 1.03 bits per heavy atom. The third kappa shape index (κ3) is 4.13. The lowest BCUT2D eigenvalue weighted by molar-refractivity contribution is -0.121. The number of hydrogen-bond donors (Lipinski definition) is 1. The van der Waals surface area contributed by atoms with Crippen molar-refractivity contribution in [2.75, 3.05) is 18.4 Å². The van der Waals surface area contributed by atoms with Crippen LogP contribution < -0.4 is 5.32 Å². The number of aromatic nitrogens is 2. The maximum Gasteiger partial charge on any atom is 0.289 e. The zero-order valence-electron chi connectivity index (χ0n) is 17.4. The van der Waals surface area contributed by atoms with Crippen molar-refractivity contribution in [3.8, 4) is 11.3 Å². The van der Waals surface area contributed by atoms with Crippen LogP contribution in [0.3, 0.4) is 0 Å². The molecule has 0 atom stereocenters. The number of hydrogen-bond acceptors (Lipinski definition) is 4. The first-order valence-electron chi connectivity index (χ1n) is 11.0. The summed E-state index contributed by atoms with van der Waals surface area (Å²) in [5.74, 6) is 1.31. The number of piperidine rings is 1. The van der Waals surface area contributed by atoms with Crippen LogP contribution in [0.1, 0.15) is 42.1 Å². The number of fused-ring (bicyclic) bond motifs is 1. The fourth-order valence-electron chi connectivity index (χ4n) is 4.42. The monoisotopic (exact) mass is 418 g/mol. The highest BCUT2D eigenvalue weighted by molar-refractivity contribution is 5.94. The van der Waals surface area contributed by atoms with Crippen LogP contribution in [0.15, 0.2) is 53.3 Å². The molecule has 1 fully saturated rings. The molecule has 0 bridgehead atoms. The van der Waals surface area contributed by atoms with Gasteiger partial charge in [0.15, 0.2) is 5.76 Å². The molecule has 3 aromatic rings. The Kier molecular flexibility index (Phi) is 5.32. The van der Waals surface area contributed by atoms with Gasteiger partial charge in [0.25, 0.3) is 5.91 Å². The van der Waals surface area contributed by atoms with E-state index in [1.165, 1.54) is 19.1 Å². The number of amides is 2.